The van der Waals surface area contributed by atoms with Gasteiger partial charge in [-0.05, 0) is 48.8 Å². The van der Waals surface area contributed by atoms with E-state index in [1.54, 1.807) is 0 Å². The molecule has 0 aromatic heterocycles. The molecule has 2 N–H and O–H groups in total. The Bertz CT molecular complexity index is 398. The van der Waals surface area contributed by atoms with Gasteiger partial charge in [-0.1, -0.05) is 45.0 Å². The van der Waals surface area contributed by atoms with Crippen molar-refractivity contribution < 1.29 is 5.11 Å². The Morgan fingerprint density at radius 2 is 1.79 bits per heavy atom. The third-order valence-electron chi connectivity index (χ3n) is 4.20. The molecule has 0 amide bonds. The van der Waals surface area contributed by atoms with Gasteiger partial charge in [0.25, 0.3) is 0 Å². The summed E-state index contributed by atoms with van der Waals surface area (Å²) in [7, 11) is 0. The van der Waals surface area contributed by atoms with Crippen molar-refractivity contribution in [2.75, 3.05) is 6.54 Å². The molecule has 1 unspecified atom stereocenters. The second-order valence-corrected chi connectivity index (χ2v) is 6.99. The summed E-state index contributed by atoms with van der Waals surface area (Å²) >= 11 is 0. The third-order valence-corrected chi connectivity index (χ3v) is 4.20. The van der Waals surface area contributed by atoms with Crippen molar-refractivity contribution in [3.05, 3.63) is 35.4 Å². The Balaban J connectivity index is 1.87. The maximum atomic E-state index is 9.28. The maximum Gasteiger partial charge on any atom is 0.0546 e. The van der Waals surface area contributed by atoms with E-state index in [2.05, 4.69) is 57.3 Å². The van der Waals surface area contributed by atoms with E-state index < -0.39 is 0 Å². The molecule has 2 nitrogen and oxygen atoms in total. The van der Waals surface area contributed by atoms with Gasteiger partial charge in [0.15, 0.2) is 0 Å². The van der Waals surface area contributed by atoms with Gasteiger partial charge in [0.2, 0.25) is 0 Å². The third kappa shape index (κ3) is 3.80. The number of hydrogen-bond acceptors (Lipinski definition) is 2. The zero-order valence-corrected chi connectivity index (χ0v) is 12.6. The molecule has 0 heterocycles. The molecule has 0 saturated heterocycles. The van der Waals surface area contributed by atoms with Crippen molar-refractivity contribution in [1.29, 1.82) is 0 Å². The minimum atomic E-state index is -0.0480. The fraction of sp³-hybridized carbons (Fsp3) is 0.647. The molecule has 1 saturated carbocycles. The number of hydrogen-bond donors (Lipinski definition) is 2. The van der Waals surface area contributed by atoms with Crippen LogP contribution in [0.5, 0.6) is 0 Å². The Labute approximate surface area is 117 Å². The summed E-state index contributed by atoms with van der Waals surface area (Å²) in [6, 6.07) is 9.31. The average Bonchev–Trinajstić information content (AvgIpc) is 2.32. The van der Waals surface area contributed by atoms with Crippen LogP contribution < -0.4 is 5.32 Å². The molecule has 1 atom stereocenters. The van der Waals surface area contributed by atoms with Crippen LogP contribution in [0.4, 0.5) is 0 Å². The number of rotatable bonds is 4. The molecule has 1 fully saturated rings. The first-order valence-corrected chi connectivity index (χ1v) is 7.38. The number of nitrogens with one attached hydrogen (secondary N) is 1. The summed E-state index contributed by atoms with van der Waals surface area (Å²) in [5, 5.41) is 12.8. The summed E-state index contributed by atoms with van der Waals surface area (Å²) in [6.45, 7) is 9.95. The highest BCUT2D eigenvalue weighted by molar-refractivity contribution is 5.29. The van der Waals surface area contributed by atoms with E-state index in [-0.39, 0.29) is 11.5 Å². The Morgan fingerprint density at radius 1 is 1.21 bits per heavy atom. The lowest BCUT2D eigenvalue weighted by Crippen LogP contribution is -2.36. The fourth-order valence-corrected chi connectivity index (χ4v) is 2.60. The van der Waals surface area contributed by atoms with E-state index in [1.165, 1.54) is 11.1 Å². The summed E-state index contributed by atoms with van der Waals surface area (Å²) in [4.78, 5) is 0. The zero-order valence-electron chi connectivity index (χ0n) is 12.6. The zero-order chi connectivity index (χ0) is 14.0. The number of benzene rings is 1. The second-order valence-electron chi connectivity index (χ2n) is 6.99. The van der Waals surface area contributed by atoms with Gasteiger partial charge >= 0.3 is 0 Å². The van der Waals surface area contributed by atoms with E-state index in [4.69, 9.17) is 0 Å². The van der Waals surface area contributed by atoms with Crippen LogP contribution in [0.1, 0.15) is 57.7 Å². The highest BCUT2D eigenvalue weighted by atomic mass is 16.3. The second kappa shape index (κ2) is 5.64. The van der Waals surface area contributed by atoms with Crippen LogP contribution in [0.25, 0.3) is 0 Å². The van der Waals surface area contributed by atoms with Gasteiger partial charge < -0.3 is 10.4 Å². The summed E-state index contributed by atoms with van der Waals surface area (Å²) in [5.74, 6) is 0.659. The van der Waals surface area contributed by atoms with Gasteiger partial charge in [-0.15, -0.1) is 0 Å². The first kappa shape index (κ1) is 14.5. The van der Waals surface area contributed by atoms with Gasteiger partial charge in [0.05, 0.1) is 6.10 Å². The highest BCUT2D eigenvalue weighted by Crippen LogP contribution is 2.27. The average molecular weight is 261 g/mol. The smallest absolute Gasteiger partial charge is 0.0546 e. The maximum absolute atomic E-state index is 9.28. The molecule has 2 rings (SSSR count). The Morgan fingerprint density at radius 3 is 2.26 bits per heavy atom. The largest absolute Gasteiger partial charge is 0.393 e. The first-order valence-electron chi connectivity index (χ1n) is 7.38. The number of aliphatic hydroxyl groups is 1. The topological polar surface area (TPSA) is 32.3 Å². The molecular formula is C17H27NO. The van der Waals surface area contributed by atoms with Crippen molar-refractivity contribution in [3.8, 4) is 0 Å². The quantitative estimate of drug-likeness (QED) is 0.870. The Kier molecular flexibility index (Phi) is 4.32. The van der Waals surface area contributed by atoms with E-state index >= 15 is 0 Å². The molecule has 1 aliphatic carbocycles. The van der Waals surface area contributed by atoms with Gasteiger partial charge in [0.1, 0.15) is 0 Å². The van der Waals surface area contributed by atoms with Crippen molar-refractivity contribution in [3.63, 3.8) is 0 Å². The molecular weight excluding hydrogens is 234 g/mol. The summed E-state index contributed by atoms with van der Waals surface area (Å²) in [5.41, 5.74) is 2.94. The van der Waals surface area contributed by atoms with Gasteiger partial charge in [0, 0.05) is 6.04 Å². The lowest BCUT2D eigenvalue weighted by atomic mass is 9.82. The predicted octanol–water partition coefficient (Wildman–Crippen LogP) is 3.41. The van der Waals surface area contributed by atoms with Gasteiger partial charge in [-0.3, -0.25) is 0 Å². The van der Waals surface area contributed by atoms with Crippen LogP contribution in [0, 0.1) is 5.92 Å². The summed E-state index contributed by atoms with van der Waals surface area (Å²) in [6.07, 6.45) is 1.87. The first-order chi connectivity index (χ1) is 8.86. The SMILES string of the molecule is CC(NCC1CC(O)C1)c1ccc(C(C)(C)C)cc1. The molecule has 1 aromatic rings. The minimum Gasteiger partial charge on any atom is -0.393 e. The van der Waals surface area contributed by atoms with Crippen molar-refractivity contribution in [1.82, 2.24) is 5.32 Å². The minimum absolute atomic E-state index is 0.0480. The van der Waals surface area contributed by atoms with Crippen LogP contribution in [0.3, 0.4) is 0 Å². The van der Waals surface area contributed by atoms with Crippen LogP contribution in [-0.2, 0) is 5.41 Å². The lowest BCUT2D eigenvalue weighted by molar-refractivity contribution is 0.0420. The van der Waals surface area contributed by atoms with E-state index in [0.717, 1.165) is 19.4 Å². The molecule has 1 aliphatic rings. The molecule has 0 bridgehead atoms. The fourth-order valence-electron chi connectivity index (χ4n) is 2.60. The molecule has 19 heavy (non-hydrogen) atoms. The normalized spacial score (nSPS) is 24.9. The summed E-state index contributed by atoms with van der Waals surface area (Å²) < 4.78 is 0. The molecule has 1 aromatic carbocycles. The molecule has 2 heteroatoms. The monoisotopic (exact) mass is 261 g/mol. The lowest BCUT2D eigenvalue weighted by Gasteiger charge is -2.32. The van der Waals surface area contributed by atoms with E-state index in [9.17, 15) is 5.11 Å². The highest BCUT2D eigenvalue weighted by Gasteiger charge is 2.27. The molecule has 0 radical (unpaired) electrons. The molecule has 0 aliphatic heterocycles. The van der Waals surface area contributed by atoms with Crippen LogP contribution in [0.2, 0.25) is 0 Å². The van der Waals surface area contributed by atoms with Crippen molar-refractivity contribution in [2.45, 2.75) is 58.1 Å². The van der Waals surface area contributed by atoms with E-state index in [0.29, 0.717) is 12.0 Å². The molecule has 0 spiro atoms. The van der Waals surface area contributed by atoms with Crippen LogP contribution in [0.15, 0.2) is 24.3 Å². The standard InChI is InChI=1S/C17H27NO/c1-12(18-11-13-9-16(19)10-13)14-5-7-15(8-6-14)17(2,3)4/h5-8,12-13,16,18-19H,9-11H2,1-4H3. The number of aliphatic hydroxyl groups excluding tert-OH is 1. The molecule has 106 valence electrons. The van der Waals surface area contributed by atoms with Crippen LogP contribution in [-0.4, -0.2) is 17.8 Å². The van der Waals surface area contributed by atoms with Crippen molar-refractivity contribution >= 4 is 0 Å². The van der Waals surface area contributed by atoms with E-state index in [1.807, 2.05) is 0 Å². The predicted molar refractivity (Wildman–Crippen MR) is 80.3 cm³/mol. The van der Waals surface area contributed by atoms with Crippen molar-refractivity contribution in [2.24, 2.45) is 5.92 Å². The Hall–Kier alpha value is -0.860. The van der Waals surface area contributed by atoms with Crippen LogP contribution >= 0.6 is 0 Å². The van der Waals surface area contributed by atoms with Gasteiger partial charge in [-0.25, -0.2) is 0 Å². The van der Waals surface area contributed by atoms with Gasteiger partial charge in [-0.2, -0.15) is 0 Å².